The predicted molar refractivity (Wildman–Crippen MR) is 126 cm³/mol. The molecule has 0 aliphatic carbocycles. The first kappa shape index (κ1) is 23.6. The highest BCUT2D eigenvalue weighted by Crippen LogP contribution is 2.23. The Kier molecular flexibility index (Phi) is 7.97. The third-order valence-corrected chi connectivity index (χ3v) is 7.17. The van der Waals surface area contributed by atoms with Crippen molar-refractivity contribution in [3.05, 3.63) is 65.7 Å². The standard InChI is InChI=1S/C23H29N3O3S.ClH/c27-23(26-16-6-9-22(26)17-25-14-4-5-15-25)20-10-12-21(13-11-20)24-30(28,29)18-19-7-2-1-3-8-19;/h1-3,7-8,10-13,22,24H,4-6,9,14-18H2;1H. The minimum atomic E-state index is -3.51. The van der Waals surface area contributed by atoms with E-state index < -0.39 is 10.0 Å². The van der Waals surface area contributed by atoms with E-state index in [0.717, 1.165) is 44.6 Å². The zero-order valence-corrected chi connectivity index (χ0v) is 19.2. The van der Waals surface area contributed by atoms with Gasteiger partial charge in [0.05, 0.1) is 5.75 Å². The highest BCUT2D eigenvalue weighted by atomic mass is 35.5. The van der Waals surface area contributed by atoms with Gasteiger partial charge < -0.3 is 9.80 Å². The number of hydrogen-bond acceptors (Lipinski definition) is 4. The number of rotatable bonds is 7. The summed E-state index contributed by atoms with van der Waals surface area (Å²) in [5, 5.41) is 0. The Morgan fingerprint density at radius 1 is 0.935 bits per heavy atom. The number of carbonyl (C=O) groups is 1. The minimum Gasteiger partial charge on any atom is -0.334 e. The molecule has 2 heterocycles. The molecule has 6 nitrogen and oxygen atoms in total. The largest absolute Gasteiger partial charge is 0.334 e. The SMILES string of the molecule is Cl.O=C(c1ccc(NS(=O)(=O)Cc2ccccc2)cc1)N1CCCC1CN1CCCC1. The van der Waals surface area contributed by atoms with Crippen LogP contribution in [0, 0.1) is 0 Å². The summed E-state index contributed by atoms with van der Waals surface area (Å²) in [7, 11) is -3.51. The Hall–Kier alpha value is -2.09. The third-order valence-electron chi connectivity index (χ3n) is 5.91. The quantitative estimate of drug-likeness (QED) is 0.678. The van der Waals surface area contributed by atoms with Crippen LogP contribution in [0.5, 0.6) is 0 Å². The molecule has 2 fully saturated rings. The van der Waals surface area contributed by atoms with Crippen LogP contribution in [0.2, 0.25) is 0 Å². The second kappa shape index (κ2) is 10.5. The number of halogens is 1. The summed E-state index contributed by atoms with van der Waals surface area (Å²) in [6, 6.07) is 16.1. The Bertz CT molecular complexity index is 961. The number of nitrogens with one attached hydrogen (secondary N) is 1. The van der Waals surface area contributed by atoms with Crippen molar-refractivity contribution in [2.45, 2.75) is 37.5 Å². The van der Waals surface area contributed by atoms with Gasteiger partial charge in [-0.1, -0.05) is 30.3 Å². The topological polar surface area (TPSA) is 69.7 Å². The molecule has 1 amide bonds. The molecule has 8 heteroatoms. The molecule has 2 aliphatic rings. The fourth-order valence-electron chi connectivity index (χ4n) is 4.41. The summed E-state index contributed by atoms with van der Waals surface area (Å²) in [6.45, 7) is 4.03. The molecule has 1 unspecified atom stereocenters. The lowest BCUT2D eigenvalue weighted by molar-refractivity contribution is 0.0709. The smallest absolute Gasteiger partial charge is 0.254 e. The van der Waals surface area contributed by atoms with Gasteiger partial charge in [0.2, 0.25) is 10.0 Å². The summed E-state index contributed by atoms with van der Waals surface area (Å²) in [5.74, 6) is -0.0455. The summed E-state index contributed by atoms with van der Waals surface area (Å²) in [5.41, 5.74) is 1.81. The van der Waals surface area contributed by atoms with Crippen molar-refractivity contribution in [3.8, 4) is 0 Å². The fourth-order valence-corrected chi connectivity index (χ4v) is 5.61. The van der Waals surface area contributed by atoms with E-state index in [9.17, 15) is 13.2 Å². The molecular formula is C23H30ClN3O3S. The molecule has 1 atom stereocenters. The molecule has 2 aliphatic heterocycles. The molecular weight excluding hydrogens is 434 g/mol. The molecule has 2 aromatic carbocycles. The monoisotopic (exact) mass is 463 g/mol. The summed E-state index contributed by atoms with van der Waals surface area (Å²) in [4.78, 5) is 17.5. The van der Waals surface area contributed by atoms with Crippen molar-refractivity contribution < 1.29 is 13.2 Å². The van der Waals surface area contributed by atoms with E-state index in [2.05, 4.69) is 9.62 Å². The number of hydrogen-bond donors (Lipinski definition) is 1. The summed E-state index contributed by atoms with van der Waals surface area (Å²) in [6.07, 6.45) is 4.60. The predicted octanol–water partition coefficient (Wildman–Crippen LogP) is 3.75. The molecule has 31 heavy (non-hydrogen) atoms. The van der Waals surface area contributed by atoms with Crippen LogP contribution < -0.4 is 4.72 Å². The van der Waals surface area contributed by atoms with Crippen LogP contribution in [0.15, 0.2) is 54.6 Å². The van der Waals surface area contributed by atoms with Crippen molar-refractivity contribution in [1.29, 1.82) is 0 Å². The van der Waals surface area contributed by atoms with Crippen molar-refractivity contribution in [2.24, 2.45) is 0 Å². The van der Waals surface area contributed by atoms with E-state index in [-0.39, 0.29) is 30.1 Å². The number of nitrogens with zero attached hydrogens (tertiary/aromatic N) is 2. The lowest BCUT2D eigenvalue weighted by Gasteiger charge is -2.28. The first-order valence-electron chi connectivity index (χ1n) is 10.7. The lowest BCUT2D eigenvalue weighted by atomic mass is 10.1. The molecule has 2 saturated heterocycles. The molecule has 0 spiro atoms. The van der Waals surface area contributed by atoms with E-state index in [1.54, 1.807) is 36.4 Å². The highest BCUT2D eigenvalue weighted by molar-refractivity contribution is 7.91. The van der Waals surface area contributed by atoms with E-state index >= 15 is 0 Å². The van der Waals surface area contributed by atoms with E-state index in [4.69, 9.17) is 0 Å². The van der Waals surface area contributed by atoms with Gasteiger partial charge in [0, 0.05) is 30.4 Å². The first-order valence-corrected chi connectivity index (χ1v) is 12.3. The van der Waals surface area contributed by atoms with Gasteiger partial charge in [-0.05, 0) is 68.6 Å². The van der Waals surface area contributed by atoms with Gasteiger partial charge in [-0.15, -0.1) is 12.4 Å². The highest BCUT2D eigenvalue weighted by Gasteiger charge is 2.31. The van der Waals surface area contributed by atoms with Crippen LogP contribution in [-0.4, -0.2) is 56.3 Å². The van der Waals surface area contributed by atoms with Crippen molar-refractivity contribution in [2.75, 3.05) is 30.9 Å². The molecule has 0 bridgehead atoms. The second-order valence-corrected chi connectivity index (χ2v) is 9.95. The number of benzene rings is 2. The molecule has 0 saturated carbocycles. The molecule has 0 radical (unpaired) electrons. The summed E-state index contributed by atoms with van der Waals surface area (Å²) < 4.78 is 27.4. The van der Waals surface area contributed by atoms with Crippen LogP contribution in [0.25, 0.3) is 0 Å². The van der Waals surface area contributed by atoms with Gasteiger partial charge in [0.1, 0.15) is 0 Å². The Morgan fingerprint density at radius 2 is 1.61 bits per heavy atom. The number of sulfonamides is 1. The average molecular weight is 464 g/mol. The van der Waals surface area contributed by atoms with Gasteiger partial charge in [0.25, 0.3) is 5.91 Å². The normalized spacial score (nSPS) is 19.2. The van der Waals surface area contributed by atoms with Crippen molar-refractivity contribution in [3.63, 3.8) is 0 Å². The molecule has 1 N–H and O–H groups in total. The Labute approximate surface area is 191 Å². The maximum Gasteiger partial charge on any atom is 0.254 e. The van der Waals surface area contributed by atoms with Gasteiger partial charge >= 0.3 is 0 Å². The molecule has 168 valence electrons. The Balaban J connectivity index is 0.00000272. The lowest BCUT2D eigenvalue weighted by Crippen LogP contribution is -2.42. The van der Waals surface area contributed by atoms with Crippen molar-refractivity contribution in [1.82, 2.24) is 9.80 Å². The van der Waals surface area contributed by atoms with Crippen LogP contribution in [0.1, 0.15) is 41.6 Å². The average Bonchev–Trinajstić information content (AvgIpc) is 3.41. The van der Waals surface area contributed by atoms with Crippen molar-refractivity contribution >= 4 is 34.0 Å². The minimum absolute atomic E-state index is 0. The van der Waals surface area contributed by atoms with Gasteiger partial charge in [-0.3, -0.25) is 9.52 Å². The summed E-state index contributed by atoms with van der Waals surface area (Å²) >= 11 is 0. The van der Waals surface area contributed by atoms with Crippen LogP contribution in [-0.2, 0) is 15.8 Å². The van der Waals surface area contributed by atoms with Gasteiger partial charge in [-0.25, -0.2) is 8.42 Å². The van der Waals surface area contributed by atoms with E-state index in [1.807, 2.05) is 23.1 Å². The van der Waals surface area contributed by atoms with Gasteiger partial charge in [-0.2, -0.15) is 0 Å². The number of likely N-dealkylation sites (tertiary alicyclic amines) is 2. The zero-order chi connectivity index (χ0) is 21.0. The number of anilines is 1. The number of carbonyl (C=O) groups excluding carboxylic acids is 1. The zero-order valence-electron chi connectivity index (χ0n) is 17.6. The molecule has 4 rings (SSSR count). The maximum atomic E-state index is 13.0. The third kappa shape index (κ3) is 6.21. The maximum absolute atomic E-state index is 13.0. The van der Waals surface area contributed by atoms with Gasteiger partial charge in [0.15, 0.2) is 0 Å². The van der Waals surface area contributed by atoms with Crippen LogP contribution >= 0.6 is 12.4 Å². The molecule has 2 aromatic rings. The van der Waals surface area contributed by atoms with Crippen LogP contribution in [0.4, 0.5) is 5.69 Å². The fraction of sp³-hybridized carbons (Fsp3) is 0.435. The second-order valence-electron chi connectivity index (χ2n) is 8.23. The van der Waals surface area contributed by atoms with E-state index in [1.165, 1.54) is 12.8 Å². The van der Waals surface area contributed by atoms with Crippen LogP contribution in [0.3, 0.4) is 0 Å². The molecule has 0 aromatic heterocycles. The number of amides is 1. The van der Waals surface area contributed by atoms with E-state index in [0.29, 0.717) is 11.3 Å². The Morgan fingerprint density at radius 3 is 2.29 bits per heavy atom. The first-order chi connectivity index (χ1) is 14.5.